The average Bonchev–Trinajstić information content (AvgIpc) is 3.80. The van der Waals surface area contributed by atoms with Crippen LogP contribution in [0, 0.1) is 39.9 Å². The molecule has 2 bridgehead atoms. The Morgan fingerprint density at radius 1 is 0.742 bits per heavy atom. The maximum Gasteiger partial charge on any atom is 0.432 e. The van der Waals surface area contributed by atoms with Crippen molar-refractivity contribution in [2.24, 2.45) is 39.9 Å². The lowest BCUT2D eigenvalue weighted by molar-refractivity contribution is -0.306. The fraction of sp³-hybridized carbons (Fsp3) is 0.532. The van der Waals surface area contributed by atoms with Gasteiger partial charge < -0.3 is 32.8 Å². The molecule has 1 aromatic heterocycles. The van der Waals surface area contributed by atoms with Crippen molar-refractivity contribution in [2.45, 2.75) is 94.7 Å². The van der Waals surface area contributed by atoms with E-state index < -0.39 is 141 Å². The van der Waals surface area contributed by atoms with Gasteiger partial charge in [-0.05, 0) is 18.9 Å². The maximum atomic E-state index is 15.7. The lowest BCUT2D eigenvalue weighted by atomic mass is 9.36. The summed E-state index contributed by atoms with van der Waals surface area (Å²) in [5, 5.41) is 0. The molecule has 0 N–H and O–H groups in total. The van der Waals surface area contributed by atoms with E-state index in [1.54, 1.807) is 6.92 Å². The number of alkyl halides is 6. The van der Waals surface area contributed by atoms with E-state index in [-0.39, 0.29) is 12.8 Å². The molecule has 3 saturated carbocycles. The number of rotatable bonds is 11. The summed E-state index contributed by atoms with van der Waals surface area (Å²) in [4.78, 5) is 87.7. The molecule has 3 aromatic rings. The Morgan fingerprint density at radius 3 is 1.77 bits per heavy atom. The Kier molecular flexibility index (Phi) is 12.0. The second-order valence-electron chi connectivity index (χ2n) is 18.4. The Balaban J connectivity index is 1.48. The highest BCUT2D eigenvalue weighted by Crippen LogP contribution is 2.72. The van der Waals surface area contributed by atoms with Crippen LogP contribution < -0.4 is 0 Å². The number of halogens is 6. The molecule has 0 radical (unpaired) electrons. The zero-order valence-electron chi connectivity index (χ0n) is 36.9. The van der Waals surface area contributed by atoms with Crippen molar-refractivity contribution in [2.75, 3.05) is 21.3 Å². The van der Waals surface area contributed by atoms with Crippen LogP contribution in [0.5, 0.6) is 0 Å². The number of carbonyl (C=O) groups excluding carboxylic acids is 6. The highest BCUT2D eigenvalue weighted by Gasteiger charge is 2.79. The van der Waals surface area contributed by atoms with Gasteiger partial charge in [0.2, 0.25) is 6.10 Å². The van der Waals surface area contributed by atoms with Crippen LogP contribution in [0.2, 0.25) is 0 Å². The van der Waals surface area contributed by atoms with Gasteiger partial charge in [0, 0.05) is 71.3 Å². The molecule has 4 fully saturated rings. The zero-order valence-corrected chi connectivity index (χ0v) is 36.9. The number of esters is 4. The van der Waals surface area contributed by atoms with Crippen LogP contribution >= 0.6 is 0 Å². The summed E-state index contributed by atoms with van der Waals surface area (Å²) in [7, 11) is 2.05. The van der Waals surface area contributed by atoms with Gasteiger partial charge in [-0.2, -0.15) is 26.3 Å². The number of Topliss-reactive ketones (excluding diaryl/α,β-unsaturated/α-hetero) is 2. The van der Waals surface area contributed by atoms with Crippen LogP contribution in [0.4, 0.5) is 26.3 Å². The Hall–Kier alpha value is -5.56. The van der Waals surface area contributed by atoms with Gasteiger partial charge in [-0.3, -0.25) is 14.4 Å². The SMILES string of the molecule is COC(=O)[C@@H](OC(=O)C(OC)(c1ccccc1)C(F)(F)F)[C@H]1C(C)(C)C(=O)[C@@H]2C[C@]3(OC(=O)C(OC)(c4ccccc4)C(F)(F)F)[C@@H]4CC(=O)O[C@@H](c5ccoc5)[C@]4(C)CC[C@@H]3[C@@]1(C)C2=O. The van der Waals surface area contributed by atoms with Crippen molar-refractivity contribution in [3.8, 4) is 0 Å². The molecular formula is C47H48F6O13. The number of fused-ring (bicyclic) bond motifs is 6. The summed E-state index contributed by atoms with van der Waals surface area (Å²) in [5.41, 5.74) is -16.9. The molecule has 1 aliphatic heterocycles. The zero-order chi connectivity index (χ0) is 48.6. The molecule has 356 valence electrons. The summed E-state index contributed by atoms with van der Waals surface area (Å²) in [6.07, 6.45) is -13.9. The van der Waals surface area contributed by atoms with Gasteiger partial charge in [0.1, 0.15) is 23.3 Å². The van der Waals surface area contributed by atoms with Crippen LogP contribution in [0.1, 0.15) is 76.2 Å². The summed E-state index contributed by atoms with van der Waals surface area (Å²) in [6, 6.07) is 12.9. The Bertz CT molecular complexity index is 2390. The maximum absolute atomic E-state index is 15.7. The summed E-state index contributed by atoms with van der Waals surface area (Å²) in [6.45, 7) is 5.49. The fourth-order valence-electron chi connectivity index (χ4n) is 12.2. The predicted octanol–water partition coefficient (Wildman–Crippen LogP) is 7.70. The Labute approximate surface area is 374 Å². The van der Waals surface area contributed by atoms with Gasteiger partial charge in [-0.25, -0.2) is 14.4 Å². The van der Waals surface area contributed by atoms with Crippen molar-refractivity contribution in [1.29, 1.82) is 0 Å². The lowest BCUT2D eigenvalue weighted by Gasteiger charge is -2.69. The van der Waals surface area contributed by atoms with Crippen LogP contribution in [0.15, 0.2) is 83.7 Å². The number of ether oxygens (including phenoxy) is 6. The lowest BCUT2D eigenvalue weighted by Crippen LogP contribution is -2.77. The smallest absolute Gasteiger partial charge is 0.432 e. The first-order valence-electron chi connectivity index (χ1n) is 21.0. The van der Waals surface area contributed by atoms with Gasteiger partial charge in [-0.15, -0.1) is 0 Å². The summed E-state index contributed by atoms with van der Waals surface area (Å²) < 4.78 is 131. The van der Waals surface area contributed by atoms with Crippen LogP contribution in [-0.4, -0.2) is 80.8 Å². The van der Waals surface area contributed by atoms with E-state index in [1.807, 2.05) is 0 Å². The quantitative estimate of drug-likeness (QED) is 0.0794. The second kappa shape index (κ2) is 16.3. The van der Waals surface area contributed by atoms with E-state index in [0.29, 0.717) is 19.8 Å². The summed E-state index contributed by atoms with van der Waals surface area (Å²) >= 11 is 0. The number of ketones is 2. The number of carbonyl (C=O) groups is 6. The van der Waals surface area contributed by atoms with E-state index in [0.717, 1.165) is 31.4 Å². The summed E-state index contributed by atoms with van der Waals surface area (Å²) in [5.74, 6) is -15.2. The van der Waals surface area contributed by atoms with E-state index in [1.165, 1.54) is 75.8 Å². The largest absolute Gasteiger partial charge is 0.472 e. The molecule has 13 nitrogen and oxygen atoms in total. The third kappa shape index (κ3) is 6.72. The van der Waals surface area contributed by atoms with Gasteiger partial charge in [-0.1, -0.05) is 88.4 Å². The average molecular weight is 935 g/mol. The third-order valence-electron chi connectivity index (χ3n) is 15.1. The molecule has 4 aliphatic rings. The number of hydrogen-bond donors (Lipinski definition) is 0. The van der Waals surface area contributed by atoms with E-state index in [9.17, 15) is 14.4 Å². The monoisotopic (exact) mass is 934 g/mol. The van der Waals surface area contributed by atoms with E-state index in [4.69, 9.17) is 32.8 Å². The molecule has 2 heterocycles. The third-order valence-corrected chi connectivity index (χ3v) is 15.1. The van der Waals surface area contributed by atoms with Crippen LogP contribution in [0.25, 0.3) is 0 Å². The molecular weight excluding hydrogens is 886 g/mol. The molecule has 66 heavy (non-hydrogen) atoms. The minimum absolute atomic E-state index is 0.00961. The molecule has 7 rings (SSSR count). The first-order chi connectivity index (χ1) is 30.8. The minimum atomic E-state index is -5.56. The van der Waals surface area contributed by atoms with Crippen molar-refractivity contribution in [1.82, 2.24) is 0 Å². The highest BCUT2D eigenvalue weighted by atomic mass is 19.4. The van der Waals surface area contributed by atoms with Gasteiger partial charge in [0.25, 0.3) is 11.2 Å². The topological polar surface area (TPSA) is 171 Å². The van der Waals surface area contributed by atoms with Gasteiger partial charge in [0.15, 0.2) is 0 Å². The van der Waals surface area contributed by atoms with Gasteiger partial charge >= 0.3 is 36.2 Å². The molecule has 19 heteroatoms. The van der Waals surface area contributed by atoms with Gasteiger partial charge in [0.05, 0.1) is 32.0 Å². The normalized spacial score (nSPS) is 31.7. The molecule has 0 spiro atoms. The number of benzene rings is 2. The molecule has 2 unspecified atom stereocenters. The van der Waals surface area contributed by atoms with Crippen LogP contribution in [0.3, 0.4) is 0 Å². The minimum Gasteiger partial charge on any atom is -0.472 e. The molecule has 0 amide bonds. The van der Waals surface area contributed by atoms with Crippen molar-refractivity contribution >= 4 is 35.4 Å². The van der Waals surface area contributed by atoms with E-state index >= 15 is 40.7 Å². The predicted molar refractivity (Wildman–Crippen MR) is 213 cm³/mol. The molecule has 3 aliphatic carbocycles. The number of furan rings is 1. The number of cyclic esters (lactones) is 1. The first kappa shape index (κ1) is 48.4. The first-order valence-corrected chi connectivity index (χ1v) is 21.0. The van der Waals surface area contributed by atoms with Crippen LogP contribution in [-0.2, 0) is 68.4 Å². The number of methoxy groups -OCH3 is 3. The van der Waals surface area contributed by atoms with Crippen molar-refractivity contribution in [3.05, 3.63) is 95.9 Å². The van der Waals surface area contributed by atoms with Crippen molar-refractivity contribution < 1.29 is 87.9 Å². The van der Waals surface area contributed by atoms with E-state index in [2.05, 4.69) is 0 Å². The fourth-order valence-corrected chi connectivity index (χ4v) is 12.2. The Morgan fingerprint density at radius 2 is 1.29 bits per heavy atom. The highest BCUT2D eigenvalue weighted by molar-refractivity contribution is 6.11. The second-order valence-corrected chi connectivity index (χ2v) is 18.4. The molecule has 2 aromatic carbocycles. The van der Waals surface area contributed by atoms with Crippen molar-refractivity contribution in [3.63, 3.8) is 0 Å². The molecule has 11 atom stereocenters. The molecule has 1 saturated heterocycles. The standard InChI is InChI=1S/C47H48F6O13/c1-40(2)33(32(37(57)60-5)65-38(58)44(61-6,46(48,49)50)26-14-10-8-11-15-26)42(4)29-18-20-41(3)30(22-31(54)64-36(41)25-19-21-63-24-25)43(29,23-28(34(40)55)35(42)56)66-39(59)45(62-7,47(51,52)53)27-16-12-9-13-17-27/h8-17,19,21,24,28-30,32-33,36H,18,20,22-23H2,1-7H3/t28-,29+,30+,32-,33-,36-,41+,42+,43+,44?,45?/m0/s1. The number of hydrogen-bond acceptors (Lipinski definition) is 13.